The second kappa shape index (κ2) is 8.56. The lowest BCUT2D eigenvalue weighted by molar-refractivity contribution is 0.0957. The summed E-state index contributed by atoms with van der Waals surface area (Å²) in [7, 11) is 0. The maximum absolute atomic E-state index is 13.0. The van der Waals surface area contributed by atoms with Crippen LogP contribution in [0.15, 0.2) is 29.3 Å². The molecule has 0 unspecified atom stereocenters. The third kappa shape index (κ3) is 4.19. The minimum atomic E-state index is 0.159. The average Bonchev–Trinajstić information content (AvgIpc) is 3.31. The molecule has 1 aromatic carbocycles. The molecule has 158 valence electrons. The molecule has 0 saturated carbocycles. The van der Waals surface area contributed by atoms with E-state index in [-0.39, 0.29) is 11.9 Å². The molecule has 1 saturated heterocycles. The van der Waals surface area contributed by atoms with Crippen LogP contribution in [0.3, 0.4) is 0 Å². The Morgan fingerprint density at radius 1 is 1.13 bits per heavy atom. The molecule has 30 heavy (non-hydrogen) atoms. The van der Waals surface area contributed by atoms with Gasteiger partial charge in [-0.3, -0.25) is 4.79 Å². The summed E-state index contributed by atoms with van der Waals surface area (Å²) in [5.41, 5.74) is 7.66. The number of pyridine rings is 1. The minimum absolute atomic E-state index is 0.159. The van der Waals surface area contributed by atoms with Crippen LogP contribution in [-0.4, -0.2) is 33.8 Å². The molecular weight excluding hydrogens is 392 g/mol. The van der Waals surface area contributed by atoms with Gasteiger partial charge in [0.05, 0.1) is 22.4 Å². The number of rotatable bonds is 6. The van der Waals surface area contributed by atoms with Gasteiger partial charge in [-0.15, -0.1) is 0 Å². The van der Waals surface area contributed by atoms with Crippen LogP contribution in [0.4, 0.5) is 0 Å². The maximum Gasteiger partial charge on any atom is 0.174 e. The van der Waals surface area contributed by atoms with Gasteiger partial charge in [0.25, 0.3) is 0 Å². The number of thioether (sulfide) groups is 1. The average molecular weight is 423 g/mol. The van der Waals surface area contributed by atoms with Crippen LogP contribution >= 0.6 is 11.8 Å². The third-order valence-electron chi connectivity index (χ3n) is 6.07. The molecule has 3 heterocycles. The highest BCUT2D eigenvalue weighted by Gasteiger charge is 2.21. The first kappa shape index (κ1) is 21.1. The predicted octanol–water partition coefficient (Wildman–Crippen LogP) is 5.73. The van der Waals surface area contributed by atoms with Gasteiger partial charge < -0.3 is 9.30 Å². The number of fused-ring (bicyclic) bond motifs is 1. The fourth-order valence-corrected chi connectivity index (χ4v) is 5.31. The Bertz CT molecular complexity index is 1110. The summed E-state index contributed by atoms with van der Waals surface area (Å²) in [6, 6.07) is 8.48. The molecule has 0 bridgehead atoms. The molecule has 2 aromatic heterocycles. The molecular formula is C25H30N2O2S. The normalized spacial score (nSPS) is 16.5. The molecule has 1 aliphatic rings. The minimum Gasteiger partial charge on any atom is -0.376 e. The van der Waals surface area contributed by atoms with E-state index < -0.39 is 0 Å². The zero-order valence-electron chi connectivity index (χ0n) is 18.5. The Balaban J connectivity index is 1.51. The van der Waals surface area contributed by atoms with Crippen molar-refractivity contribution in [3.8, 4) is 0 Å². The van der Waals surface area contributed by atoms with E-state index in [0.29, 0.717) is 5.75 Å². The van der Waals surface area contributed by atoms with Gasteiger partial charge in [-0.1, -0.05) is 23.4 Å². The van der Waals surface area contributed by atoms with Crippen molar-refractivity contribution in [2.24, 2.45) is 0 Å². The molecule has 4 rings (SSSR count). The zero-order valence-corrected chi connectivity index (χ0v) is 19.4. The Morgan fingerprint density at radius 3 is 2.67 bits per heavy atom. The van der Waals surface area contributed by atoms with Gasteiger partial charge >= 0.3 is 0 Å². The summed E-state index contributed by atoms with van der Waals surface area (Å²) in [4.78, 5) is 17.9. The van der Waals surface area contributed by atoms with Crippen LogP contribution < -0.4 is 0 Å². The van der Waals surface area contributed by atoms with Crippen LogP contribution in [0.1, 0.15) is 51.3 Å². The molecule has 0 amide bonds. The molecule has 0 N–H and O–H groups in total. The lowest BCUT2D eigenvalue weighted by Crippen LogP contribution is -2.17. The zero-order chi connectivity index (χ0) is 21.4. The number of Topliss-reactive ketones (excluding diaryl/α,β-unsaturated/α-hetero) is 1. The Morgan fingerprint density at radius 2 is 1.93 bits per heavy atom. The molecule has 0 aliphatic carbocycles. The SMILES string of the molecule is Cc1cc(C)c2nc(SCC(=O)c3cc(C)n(C[C@@H]4CCCO4)c3C)cc(C)c2c1. The van der Waals surface area contributed by atoms with Crippen molar-refractivity contribution in [2.45, 2.75) is 65.1 Å². The quantitative estimate of drug-likeness (QED) is 0.376. The van der Waals surface area contributed by atoms with Crippen molar-refractivity contribution < 1.29 is 9.53 Å². The third-order valence-corrected chi connectivity index (χ3v) is 6.98. The number of carbonyl (C=O) groups excluding carboxylic acids is 1. The molecule has 1 atom stereocenters. The number of hydrogen-bond acceptors (Lipinski definition) is 4. The largest absolute Gasteiger partial charge is 0.376 e. The molecule has 5 heteroatoms. The molecule has 4 nitrogen and oxygen atoms in total. The fraction of sp³-hybridized carbons (Fsp3) is 0.440. The second-order valence-corrected chi connectivity index (χ2v) is 9.49. The summed E-state index contributed by atoms with van der Waals surface area (Å²) in [5.74, 6) is 0.555. The first-order chi connectivity index (χ1) is 14.3. The van der Waals surface area contributed by atoms with Gasteiger partial charge in [0.2, 0.25) is 0 Å². The van der Waals surface area contributed by atoms with E-state index in [4.69, 9.17) is 9.72 Å². The van der Waals surface area contributed by atoms with Crippen LogP contribution in [0.25, 0.3) is 10.9 Å². The lowest BCUT2D eigenvalue weighted by Gasteiger charge is -2.14. The first-order valence-electron chi connectivity index (χ1n) is 10.7. The Labute approximate surface area is 183 Å². The summed E-state index contributed by atoms with van der Waals surface area (Å²) in [5, 5.41) is 2.11. The highest BCUT2D eigenvalue weighted by Crippen LogP contribution is 2.28. The lowest BCUT2D eigenvalue weighted by atomic mass is 10.0. The summed E-state index contributed by atoms with van der Waals surface area (Å²) in [6.45, 7) is 12.1. The van der Waals surface area contributed by atoms with Crippen molar-refractivity contribution in [2.75, 3.05) is 12.4 Å². The number of ether oxygens (including phenoxy) is 1. The van der Waals surface area contributed by atoms with Crippen molar-refractivity contribution in [1.82, 2.24) is 9.55 Å². The number of benzene rings is 1. The smallest absolute Gasteiger partial charge is 0.174 e. The van der Waals surface area contributed by atoms with E-state index in [1.165, 1.54) is 33.8 Å². The Hall–Kier alpha value is -2.11. The number of nitrogens with zero attached hydrogens (tertiary/aromatic N) is 2. The number of aromatic nitrogens is 2. The van der Waals surface area contributed by atoms with E-state index in [1.807, 2.05) is 13.0 Å². The number of hydrogen-bond donors (Lipinski definition) is 0. The number of aryl methyl sites for hydroxylation is 4. The van der Waals surface area contributed by atoms with Crippen molar-refractivity contribution in [3.63, 3.8) is 0 Å². The number of carbonyl (C=O) groups is 1. The van der Waals surface area contributed by atoms with Crippen LogP contribution in [0.2, 0.25) is 0 Å². The first-order valence-corrected chi connectivity index (χ1v) is 11.6. The molecule has 1 fully saturated rings. The number of ketones is 1. The van der Waals surface area contributed by atoms with Crippen LogP contribution in [0, 0.1) is 34.6 Å². The molecule has 0 spiro atoms. The maximum atomic E-state index is 13.0. The summed E-state index contributed by atoms with van der Waals surface area (Å²) in [6.07, 6.45) is 2.50. The standard InChI is InChI=1S/C25H30N2O2S/c1-15-9-17(3)25-21(10-15)16(2)11-24(26-25)30-14-23(28)22-12-18(4)27(19(22)5)13-20-7-6-8-29-20/h9-12,20H,6-8,13-14H2,1-5H3/t20-/m0/s1. The van der Waals surface area contributed by atoms with Crippen molar-refractivity contribution >= 4 is 28.4 Å². The molecule has 3 aromatic rings. The van der Waals surface area contributed by atoms with E-state index in [0.717, 1.165) is 53.5 Å². The fourth-order valence-electron chi connectivity index (χ4n) is 4.46. The highest BCUT2D eigenvalue weighted by molar-refractivity contribution is 7.99. The monoisotopic (exact) mass is 422 g/mol. The highest BCUT2D eigenvalue weighted by atomic mass is 32.2. The van der Waals surface area contributed by atoms with E-state index in [2.05, 4.69) is 50.5 Å². The predicted molar refractivity (Wildman–Crippen MR) is 124 cm³/mol. The van der Waals surface area contributed by atoms with Gasteiger partial charge in [0, 0.05) is 35.5 Å². The second-order valence-electron chi connectivity index (χ2n) is 8.50. The molecule has 1 aliphatic heterocycles. The van der Waals surface area contributed by atoms with Crippen molar-refractivity contribution in [3.05, 3.63) is 57.9 Å². The van der Waals surface area contributed by atoms with E-state index in [9.17, 15) is 4.79 Å². The Kier molecular flexibility index (Phi) is 6.03. The summed E-state index contributed by atoms with van der Waals surface area (Å²) < 4.78 is 8.02. The van der Waals surface area contributed by atoms with E-state index >= 15 is 0 Å². The topological polar surface area (TPSA) is 44.1 Å². The van der Waals surface area contributed by atoms with Crippen LogP contribution in [0.5, 0.6) is 0 Å². The molecule has 0 radical (unpaired) electrons. The van der Waals surface area contributed by atoms with Crippen LogP contribution in [-0.2, 0) is 11.3 Å². The van der Waals surface area contributed by atoms with Gasteiger partial charge in [-0.05, 0) is 76.8 Å². The van der Waals surface area contributed by atoms with Gasteiger partial charge in [0.1, 0.15) is 0 Å². The van der Waals surface area contributed by atoms with Gasteiger partial charge in [0.15, 0.2) is 5.78 Å². The van der Waals surface area contributed by atoms with Crippen molar-refractivity contribution in [1.29, 1.82) is 0 Å². The van der Waals surface area contributed by atoms with E-state index in [1.54, 1.807) is 0 Å². The van der Waals surface area contributed by atoms with Gasteiger partial charge in [-0.2, -0.15) is 0 Å². The summed E-state index contributed by atoms with van der Waals surface area (Å²) >= 11 is 1.53. The van der Waals surface area contributed by atoms with Gasteiger partial charge in [-0.25, -0.2) is 4.98 Å².